The molecule has 1 saturated carbocycles. The first-order valence-electron chi connectivity index (χ1n) is 6.56. The molecule has 1 saturated heterocycles. The highest BCUT2D eigenvalue weighted by Crippen LogP contribution is 2.34. The van der Waals surface area contributed by atoms with Crippen LogP contribution >= 0.6 is 0 Å². The zero-order valence-electron chi connectivity index (χ0n) is 10.3. The summed E-state index contributed by atoms with van der Waals surface area (Å²) in [6.07, 6.45) is 8.04. The van der Waals surface area contributed by atoms with Crippen molar-refractivity contribution in [2.24, 2.45) is 5.92 Å². The van der Waals surface area contributed by atoms with Crippen molar-refractivity contribution in [3.05, 3.63) is 0 Å². The van der Waals surface area contributed by atoms with Crippen molar-refractivity contribution in [1.29, 1.82) is 0 Å². The Kier molecular flexibility index (Phi) is 4.36. The first kappa shape index (κ1) is 12.1. The van der Waals surface area contributed by atoms with Crippen molar-refractivity contribution in [3.63, 3.8) is 0 Å². The van der Waals surface area contributed by atoms with Gasteiger partial charge in [-0.3, -0.25) is 9.69 Å². The summed E-state index contributed by atoms with van der Waals surface area (Å²) in [5.41, 5.74) is 0. The molecule has 1 aliphatic heterocycles. The maximum atomic E-state index is 11.6. The molecular weight excluding hydrogens is 202 g/mol. The maximum absolute atomic E-state index is 11.6. The van der Waals surface area contributed by atoms with Gasteiger partial charge in [-0.25, -0.2) is 0 Å². The molecule has 92 valence electrons. The Labute approximate surface area is 98.1 Å². The normalized spacial score (nSPS) is 31.1. The molecule has 1 aliphatic carbocycles. The van der Waals surface area contributed by atoms with Gasteiger partial charge in [0.2, 0.25) is 0 Å². The lowest BCUT2D eigenvalue weighted by molar-refractivity contribution is -0.125. The molecule has 2 unspecified atom stereocenters. The summed E-state index contributed by atoms with van der Waals surface area (Å²) in [7, 11) is 1.59. The van der Waals surface area contributed by atoms with Gasteiger partial charge in [0.05, 0.1) is 6.54 Å². The zero-order chi connectivity index (χ0) is 11.4. The minimum atomic E-state index is 0.230. The molecule has 0 spiro atoms. The minimum Gasteiger partial charge on any atom is -0.377 e. The molecule has 16 heavy (non-hydrogen) atoms. The molecule has 0 aromatic carbocycles. The average Bonchev–Trinajstić information content (AvgIpc) is 2.30. The highest BCUT2D eigenvalue weighted by Gasteiger charge is 2.33. The van der Waals surface area contributed by atoms with E-state index in [1.54, 1.807) is 7.11 Å². The lowest BCUT2D eigenvalue weighted by atomic mass is 9.78. The van der Waals surface area contributed by atoms with Gasteiger partial charge in [-0.05, 0) is 38.1 Å². The molecule has 0 aromatic heterocycles. The number of fused-ring (bicyclic) bond motifs is 1. The second-order valence-corrected chi connectivity index (χ2v) is 5.20. The predicted octanol–water partition coefficient (Wildman–Crippen LogP) is 1.86. The number of rotatable bonds is 4. The number of ether oxygens (including phenoxy) is 1. The Morgan fingerprint density at radius 2 is 2.00 bits per heavy atom. The van der Waals surface area contributed by atoms with Gasteiger partial charge in [0.15, 0.2) is 5.78 Å². The highest BCUT2D eigenvalue weighted by atomic mass is 16.5. The average molecular weight is 225 g/mol. The van der Waals surface area contributed by atoms with Crippen LogP contribution < -0.4 is 0 Å². The first-order valence-corrected chi connectivity index (χ1v) is 6.56. The minimum absolute atomic E-state index is 0.230. The van der Waals surface area contributed by atoms with E-state index < -0.39 is 0 Å². The van der Waals surface area contributed by atoms with Gasteiger partial charge in [-0.15, -0.1) is 0 Å². The molecule has 3 nitrogen and oxygen atoms in total. The number of ketones is 1. The van der Waals surface area contributed by atoms with E-state index in [1.807, 2.05) is 0 Å². The molecule has 2 atom stereocenters. The van der Waals surface area contributed by atoms with E-state index in [0.717, 1.165) is 12.5 Å². The van der Waals surface area contributed by atoms with Gasteiger partial charge < -0.3 is 4.74 Å². The van der Waals surface area contributed by atoms with Gasteiger partial charge >= 0.3 is 0 Å². The number of carbonyl (C=O) groups excluding carboxylic acids is 1. The van der Waals surface area contributed by atoms with Crippen LogP contribution in [0.15, 0.2) is 0 Å². The number of carbonyl (C=O) groups is 1. The van der Waals surface area contributed by atoms with Crippen LogP contribution in [0.1, 0.15) is 38.5 Å². The molecule has 0 N–H and O–H groups in total. The van der Waals surface area contributed by atoms with Gasteiger partial charge in [0, 0.05) is 13.2 Å². The Morgan fingerprint density at radius 1 is 1.25 bits per heavy atom. The Morgan fingerprint density at radius 3 is 2.81 bits per heavy atom. The Bertz CT molecular complexity index is 240. The topological polar surface area (TPSA) is 29.5 Å². The number of likely N-dealkylation sites (tertiary alicyclic amines) is 1. The third-order valence-electron chi connectivity index (χ3n) is 4.04. The van der Waals surface area contributed by atoms with Crippen molar-refractivity contribution in [2.45, 2.75) is 44.6 Å². The molecule has 0 bridgehead atoms. The van der Waals surface area contributed by atoms with Crippen molar-refractivity contribution in [3.8, 4) is 0 Å². The van der Waals surface area contributed by atoms with E-state index in [4.69, 9.17) is 4.74 Å². The van der Waals surface area contributed by atoms with Crippen LogP contribution in [0.2, 0.25) is 0 Å². The quantitative estimate of drug-likeness (QED) is 0.731. The van der Waals surface area contributed by atoms with Crippen LogP contribution in [-0.4, -0.2) is 43.5 Å². The summed E-state index contributed by atoms with van der Waals surface area (Å²) in [5.74, 6) is 1.09. The molecule has 2 aliphatic rings. The van der Waals surface area contributed by atoms with E-state index in [0.29, 0.717) is 12.6 Å². The number of hydrogen-bond acceptors (Lipinski definition) is 3. The summed E-state index contributed by atoms with van der Waals surface area (Å²) in [4.78, 5) is 14.0. The fourth-order valence-corrected chi connectivity index (χ4v) is 3.36. The lowest BCUT2D eigenvalue weighted by Crippen LogP contribution is -2.49. The monoisotopic (exact) mass is 225 g/mol. The molecule has 2 fully saturated rings. The summed E-state index contributed by atoms with van der Waals surface area (Å²) in [5, 5.41) is 0. The SMILES string of the molecule is COCC(=O)CN1CCCC2CCCCC21. The number of Topliss-reactive ketones (excluding diaryl/α,β-unsaturated/α-hetero) is 1. The van der Waals surface area contributed by atoms with E-state index in [9.17, 15) is 4.79 Å². The standard InChI is InChI=1S/C13H23NO2/c1-16-10-12(15)9-14-8-4-6-11-5-2-3-7-13(11)14/h11,13H,2-10H2,1H3. The Hall–Kier alpha value is -0.410. The van der Waals surface area contributed by atoms with Crippen LogP contribution in [-0.2, 0) is 9.53 Å². The number of piperidine rings is 1. The maximum Gasteiger partial charge on any atom is 0.172 e. The number of methoxy groups -OCH3 is 1. The van der Waals surface area contributed by atoms with Gasteiger partial charge in [0.25, 0.3) is 0 Å². The van der Waals surface area contributed by atoms with Gasteiger partial charge in [-0.1, -0.05) is 12.8 Å². The summed E-state index contributed by atoms with van der Waals surface area (Å²) >= 11 is 0. The Balaban J connectivity index is 1.89. The third kappa shape index (κ3) is 2.83. The van der Waals surface area contributed by atoms with E-state index in [2.05, 4.69) is 4.90 Å². The zero-order valence-corrected chi connectivity index (χ0v) is 10.3. The van der Waals surface area contributed by atoms with Gasteiger partial charge in [-0.2, -0.15) is 0 Å². The smallest absolute Gasteiger partial charge is 0.172 e. The van der Waals surface area contributed by atoms with Crippen molar-refractivity contribution in [1.82, 2.24) is 4.90 Å². The molecule has 1 heterocycles. The fraction of sp³-hybridized carbons (Fsp3) is 0.923. The van der Waals surface area contributed by atoms with Gasteiger partial charge in [0.1, 0.15) is 6.61 Å². The van der Waals surface area contributed by atoms with Crippen LogP contribution in [0.5, 0.6) is 0 Å². The third-order valence-corrected chi connectivity index (χ3v) is 4.04. The second kappa shape index (κ2) is 5.78. The highest BCUT2D eigenvalue weighted by molar-refractivity contribution is 5.81. The second-order valence-electron chi connectivity index (χ2n) is 5.20. The summed E-state index contributed by atoms with van der Waals surface area (Å²) < 4.78 is 4.90. The summed E-state index contributed by atoms with van der Waals surface area (Å²) in [6.45, 7) is 1.99. The molecule has 0 amide bonds. The first-order chi connectivity index (χ1) is 7.81. The van der Waals surface area contributed by atoms with Crippen LogP contribution in [0.3, 0.4) is 0 Å². The lowest BCUT2D eigenvalue weighted by Gasteiger charge is -2.43. The number of hydrogen-bond donors (Lipinski definition) is 0. The van der Waals surface area contributed by atoms with Crippen LogP contribution in [0.25, 0.3) is 0 Å². The number of nitrogens with zero attached hydrogens (tertiary/aromatic N) is 1. The fourth-order valence-electron chi connectivity index (χ4n) is 3.36. The molecule has 3 heteroatoms. The van der Waals surface area contributed by atoms with E-state index in [1.165, 1.54) is 38.5 Å². The summed E-state index contributed by atoms with van der Waals surface area (Å²) in [6, 6.07) is 0.684. The van der Waals surface area contributed by atoms with Crippen molar-refractivity contribution in [2.75, 3.05) is 26.8 Å². The van der Waals surface area contributed by atoms with Crippen LogP contribution in [0.4, 0.5) is 0 Å². The van der Waals surface area contributed by atoms with E-state index in [-0.39, 0.29) is 12.4 Å². The molecular formula is C13H23NO2. The van der Waals surface area contributed by atoms with E-state index >= 15 is 0 Å². The van der Waals surface area contributed by atoms with Crippen LogP contribution in [0, 0.1) is 5.92 Å². The molecule has 0 radical (unpaired) electrons. The molecule has 2 rings (SSSR count). The largest absolute Gasteiger partial charge is 0.377 e. The van der Waals surface area contributed by atoms with Crippen molar-refractivity contribution < 1.29 is 9.53 Å². The van der Waals surface area contributed by atoms with Crippen molar-refractivity contribution >= 4 is 5.78 Å². The molecule has 0 aromatic rings. The predicted molar refractivity (Wildman–Crippen MR) is 63.4 cm³/mol.